The molecule has 2 aromatic carbocycles. The Labute approximate surface area is 153 Å². The van der Waals surface area contributed by atoms with Crippen molar-refractivity contribution < 1.29 is 19.0 Å². The largest absolute Gasteiger partial charge is 0.455 e. The summed E-state index contributed by atoms with van der Waals surface area (Å²) >= 11 is 0. The van der Waals surface area contributed by atoms with Gasteiger partial charge in [0, 0.05) is 26.8 Å². The fourth-order valence-electron chi connectivity index (χ4n) is 2.80. The number of anilines is 1. The molecule has 6 nitrogen and oxygen atoms in total. The topological polar surface area (TPSA) is 60.0 Å². The number of hydrogen-bond donors (Lipinski definition) is 1. The van der Waals surface area contributed by atoms with Gasteiger partial charge >= 0.3 is 6.03 Å². The highest BCUT2D eigenvalue weighted by atomic mass is 16.5. The van der Waals surface area contributed by atoms with E-state index in [1.165, 1.54) is 0 Å². The fraction of sp³-hybridized carbons (Fsp3) is 0.350. The second kappa shape index (κ2) is 9.22. The Balaban J connectivity index is 1.64. The lowest BCUT2D eigenvalue weighted by atomic mass is 10.2. The first-order valence-electron chi connectivity index (χ1n) is 8.74. The third-order valence-electron chi connectivity index (χ3n) is 4.17. The minimum atomic E-state index is -0.153. The van der Waals surface area contributed by atoms with Gasteiger partial charge < -0.3 is 24.4 Å². The van der Waals surface area contributed by atoms with Crippen molar-refractivity contribution in [2.45, 2.75) is 12.5 Å². The molecule has 1 atom stereocenters. The molecule has 1 aliphatic rings. The van der Waals surface area contributed by atoms with Gasteiger partial charge in [0.15, 0.2) is 5.75 Å². The molecular weight excluding hydrogens is 332 g/mol. The smallest absolute Gasteiger partial charge is 0.322 e. The van der Waals surface area contributed by atoms with Crippen molar-refractivity contribution in [1.29, 1.82) is 0 Å². The summed E-state index contributed by atoms with van der Waals surface area (Å²) in [6, 6.07) is 16.8. The van der Waals surface area contributed by atoms with Crippen molar-refractivity contribution >= 4 is 11.7 Å². The number of amides is 2. The van der Waals surface area contributed by atoms with Crippen LogP contribution >= 0.6 is 0 Å². The summed E-state index contributed by atoms with van der Waals surface area (Å²) < 4.78 is 16.7. The molecule has 0 bridgehead atoms. The summed E-state index contributed by atoms with van der Waals surface area (Å²) in [5.74, 6) is 1.33. The number of benzene rings is 2. The molecule has 2 aromatic rings. The summed E-state index contributed by atoms with van der Waals surface area (Å²) in [4.78, 5) is 14.4. The lowest BCUT2D eigenvalue weighted by Gasteiger charge is -2.33. The number of carbonyl (C=O) groups excluding carboxylic acids is 1. The number of para-hydroxylation sites is 3. The van der Waals surface area contributed by atoms with Crippen LogP contribution < -0.4 is 10.1 Å². The molecular formula is C20H24N2O4. The van der Waals surface area contributed by atoms with Crippen molar-refractivity contribution in [2.75, 3.05) is 38.7 Å². The molecule has 2 amide bonds. The Morgan fingerprint density at radius 2 is 1.96 bits per heavy atom. The molecule has 26 heavy (non-hydrogen) atoms. The average molecular weight is 356 g/mol. The number of carbonyl (C=O) groups is 1. The summed E-state index contributed by atoms with van der Waals surface area (Å²) in [5.41, 5.74) is 0.640. The van der Waals surface area contributed by atoms with Crippen molar-refractivity contribution in [3.63, 3.8) is 0 Å². The van der Waals surface area contributed by atoms with Crippen LogP contribution in [0.25, 0.3) is 0 Å². The quantitative estimate of drug-likeness (QED) is 0.856. The minimum absolute atomic E-state index is 0.00487. The fourth-order valence-corrected chi connectivity index (χ4v) is 2.80. The number of urea groups is 1. The Hall–Kier alpha value is -2.57. The lowest BCUT2D eigenvalue weighted by molar-refractivity contribution is -0.0260. The van der Waals surface area contributed by atoms with E-state index < -0.39 is 0 Å². The van der Waals surface area contributed by atoms with Gasteiger partial charge in [0.05, 0.1) is 18.4 Å². The van der Waals surface area contributed by atoms with Crippen molar-refractivity contribution in [3.8, 4) is 11.5 Å². The van der Waals surface area contributed by atoms with E-state index in [1.807, 2.05) is 54.6 Å². The first-order chi connectivity index (χ1) is 12.8. The molecule has 138 valence electrons. The number of ether oxygens (including phenoxy) is 3. The van der Waals surface area contributed by atoms with Gasteiger partial charge in [0.2, 0.25) is 0 Å². The lowest BCUT2D eigenvalue weighted by Crippen LogP contribution is -2.47. The average Bonchev–Trinajstić information content (AvgIpc) is 2.69. The highest BCUT2D eigenvalue weighted by Gasteiger charge is 2.24. The molecule has 0 aromatic heterocycles. The standard InChI is InChI=1S/C20H24N2O4/c1-24-13-11-17-15-22(12-14-25-17)20(23)21-18-9-5-6-10-19(18)26-16-7-3-2-4-8-16/h2-10,17H,11-15H2,1H3,(H,21,23). The molecule has 0 aliphatic carbocycles. The molecule has 1 unspecified atom stereocenters. The van der Waals surface area contributed by atoms with Crippen LogP contribution in [0.3, 0.4) is 0 Å². The maximum Gasteiger partial charge on any atom is 0.322 e. The van der Waals surface area contributed by atoms with Crippen LogP contribution in [0.4, 0.5) is 10.5 Å². The second-order valence-corrected chi connectivity index (χ2v) is 6.06. The highest BCUT2D eigenvalue weighted by Crippen LogP contribution is 2.29. The van der Waals surface area contributed by atoms with E-state index in [1.54, 1.807) is 12.0 Å². The molecule has 1 fully saturated rings. The molecule has 6 heteroatoms. The number of nitrogens with zero attached hydrogens (tertiary/aromatic N) is 1. The van der Waals surface area contributed by atoms with Crippen LogP contribution in [-0.2, 0) is 9.47 Å². The van der Waals surface area contributed by atoms with Crippen LogP contribution in [-0.4, -0.2) is 50.4 Å². The number of rotatable bonds is 6. The van der Waals surface area contributed by atoms with E-state index in [4.69, 9.17) is 14.2 Å². The molecule has 1 aliphatic heterocycles. The maximum atomic E-state index is 12.7. The monoisotopic (exact) mass is 356 g/mol. The van der Waals surface area contributed by atoms with E-state index in [-0.39, 0.29) is 12.1 Å². The zero-order valence-electron chi connectivity index (χ0n) is 14.9. The van der Waals surface area contributed by atoms with Crippen LogP contribution in [0.1, 0.15) is 6.42 Å². The van der Waals surface area contributed by atoms with Gasteiger partial charge in [-0.15, -0.1) is 0 Å². The zero-order valence-corrected chi connectivity index (χ0v) is 14.9. The number of hydrogen-bond acceptors (Lipinski definition) is 4. The van der Waals surface area contributed by atoms with Gasteiger partial charge in [0.25, 0.3) is 0 Å². The molecule has 1 N–H and O–H groups in total. The van der Waals surface area contributed by atoms with Crippen molar-refractivity contribution in [2.24, 2.45) is 0 Å². The number of morpholine rings is 1. The molecule has 0 radical (unpaired) electrons. The zero-order chi connectivity index (χ0) is 18.2. The number of nitrogens with one attached hydrogen (secondary N) is 1. The van der Waals surface area contributed by atoms with E-state index in [9.17, 15) is 4.79 Å². The third-order valence-corrected chi connectivity index (χ3v) is 4.17. The minimum Gasteiger partial charge on any atom is -0.455 e. The van der Waals surface area contributed by atoms with E-state index in [0.29, 0.717) is 37.7 Å². The second-order valence-electron chi connectivity index (χ2n) is 6.06. The Morgan fingerprint density at radius 3 is 2.77 bits per heavy atom. The Morgan fingerprint density at radius 1 is 1.19 bits per heavy atom. The molecule has 0 saturated carbocycles. The number of methoxy groups -OCH3 is 1. The maximum absolute atomic E-state index is 12.7. The highest BCUT2D eigenvalue weighted by molar-refractivity contribution is 5.91. The Bertz CT molecular complexity index is 708. The van der Waals surface area contributed by atoms with Crippen molar-refractivity contribution in [1.82, 2.24) is 4.90 Å². The third kappa shape index (κ3) is 4.97. The summed E-state index contributed by atoms with van der Waals surface area (Å²) in [6.07, 6.45) is 0.777. The van der Waals surface area contributed by atoms with Gasteiger partial charge in [-0.3, -0.25) is 0 Å². The molecule has 0 spiro atoms. The SMILES string of the molecule is COCCC1CN(C(=O)Nc2ccccc2Oc2ccccc2)CCO1. The van der Waals surface area contributed by atoms with Crippen LogP contribution in [0.2, 0.25) is 0 Å². The van der Waals surface area contributed by atoms with Crippen LogP contribution in [0, 0.1) is 0 Å². The van der Waals surface area contributed by atoms with E-state index in [2.05, 4.69) is 5.32 Å². The van der Waals surface area contributed by atoms with E-state index >= 15 is 0 Å². The first-order valence-corrected chi connectivity index (χ1v) is 8.74. The first kappa shape index (κ1) is 18.2. The van der Waals surface area contributed by atoms with Crippen molar-refractivity contribution in [3.05, 3.63) is 54.6 Å². The Kier molecular flexibility index (Phi) is 6.46. The predicted octanol–water partition coefficient (Wildman–Crippen LogP) is 3.75. The normalized spacial score (nSPS) is 17.0. The van der Waals surface area contributed by atoms with Gasteiger partial charge in [-0.2, -0.15) is 0 Å². The van der Waals surface area contributed by atoms with Crippen LogP contribution in [0.15, 0.2) is 54.6 Å². The van der Waals surface area contributed by atoms with Gasteiger partial charge in [-0.25, -0.2) is 4.79 Å². The molecule has 1 heterocycles. The van der Waals surface area contributed by atoms with Gasteiger partial charge in [-0.1, -0.05) is 30.3 Å². The summed E-state index contributed by atoms with van der Waals surface area (Å²) in [6.45, 7) is 2.27. The summed E-state index contributed by atoms with van der Waals surface area (Å²) in [5, 5.41) is 2.95. The molecule has 3 rings (SSSR count). The van der Waals surface area contributed by atoms with Gasteiger partial charge in [-0.05, 0) is 30.7 Å². The van der Waals surface area contributed by atoms with Gasteiger partial charge in [0.1, 0.15) is 5.75 Å². The predicted molar refractivity (Wildman–Crippen MR) is 99.8 cm³/mol. The van der Waals surface area contributed by atoms with Crippen LogP contribution in [0.5, 0.6) is 11.5 Å². The van der Waals surface area contributed by atoms with E-state index in [0.717, 1.165) is 12.2 Å². The summed E-state index contributed by atoms with van der Waals surface area (Å²) in [7, 11) is 1.66. The molecule has 1 saturated heterocycles.